The zero-order valence-corrected chi connectivity index (χ0v) is 16.7. The Hall–Kier alpha value is -2.39. The van der Waals surface area contributed by atoms with E-state index in [4.69, 9.17) is 0 Å². The average Bonchev–Trinajstić information content (AvgIpc) is 2.96. The molecule has 0 bridgehead atoms. The third kappa shape index (κ3) is 3.77. The summed E-state index contributed by atoms with van der Waals surface area (Å²) in [6.07, 6.45) is -2.63. The van der Waals surface area contributed by atoms with Crippen LogP contribution in [0.4, 0.5) is 18.9 Å². The van der Waals surface area contributed by atoms with Crippen LogP contribution in [-0.4, -0.2) is 11.2 Å². The maximum Gasteiger partial charge on any atom is 0.416 e. The largest absolute Gasteiger partial charge is 0.416 e. The molecule has 0 radical (unpaired) electrons. The molecule has 0 fully saturated rings. The van der Waals surface area contributed by atoms with Gasteiger partial charge in [-0.1, -0.05) is 45.5 Å². The molecule has 4 rings (SSSR count). The third-order valence-electron chi connectivity index (χ3n) is 4.26. The van der Waals surface area contributed by atoms with Gasteiger partial charge in [0, 0.05) is 10.2 Å². The molecule has 0 saturated carbocycles. The number of hydrogen-bond donors (Lipinski definition) is 0. The summed E-state index contributed by atoms with van der Waals surface area (Å²) in [6.45, 7) is 0.347. The predicted octanol–water partition coefficient (Wildman–Crippen LogP) is 3.57. The fourth-order valence-corrected chi connectivity index (χ4v) is 4.28. The molecule has 0 aliphatic carbocycles. The van der Waals surface area contributed by atoms with E-state index in [0.717, 1.165) is 22.2 Å². The van der Waals surface area contributed by atoms with Gasteiger partial charge in [-0.25, -0.2) is 4.99 Å². The van der Waals surface area contributed by atoms with Crippen molar-refractivity contribution in [3.8, 4) is 0 Å². The van der Waals surface area contributed by atoms with Crippen LogP contribution in [0.25, 0.3) is 6.08 Å². The van der Waals surface area contributed by atoms with E-state index in [-0.39, 0.29) is 18.9 Å². The number of anilines is 1. The monoisotopic (exact) mass is 467 g/mol. The van der Waals surface area contributed by atoms with Gasteiger partial charge in [0.05, 0.1) is 10.1 Å². The van der Waals surface area contributed by atoms with Crippen molar-refractivity contribution in [2.75, 3.05) is 11.6 Å². The lowest BCUT2D eigenvalue weighted by atomic mass is 10.2. The Morgan fingerprint density at radius 2 is 1.93 bits per heavy atom. The summed E-state index contributed by atoms with van der Waals surface area (Å²) >= 11 is 4.67. The van der Waals surface area contributed by atoms with Gasteiger partial charge in [-0.05, 0) is 42.0 Å². The number of rotatable bonds is 2. The second-order valence-corrected chi connectivity index (χ2v) is 8.14. The predicted molar refractivity (Wildman–Crippen MR) is 106 cm³/mol. The first-order valence-electron chi connectivity index (χ1n) is 8.25. The van der Waals surface area contributed by atoms with Gasteiger partial charge in [0.2, 0.25) is 0 Å². The van der Waals surface area contributed by atoms with Crippen molar-refractivity contribution in [1.29, 1.82) is 0 Å². The zero-order chi connectivity index (χ0) is 19.9. The van der Waals surface area contributed by atoms with Gasteiger partial charge in [-0.15, -0.1) is 0 Å². The van der Waals surface area contributed by atoms with Crippen LogP contribution in [0.1, 0.15) is 11.1 Å². The molecule has 0 N–H and O–H groups in total. The van der Waals surface area contributed by atoms with Crippen molar-refractivity contribution >= 4 is 39.0 Å². The first-order valence-corrected chi connectivity index (χ1v) is 9.86. The molecule has 0 saturated heterocycles. The SMILES string of the molecule is O=c1c(=Cc2cccc(Br)c2)sc2n1CN(c1cccc(C(F)(F)F)c1)CN=2. The molecular weight excluding hydrogens is 455 g/mol. The maximum atomic E-state index is 13.0. The van der Waals surface area contributed by atoms with Crippen molar-refractivity contribution in [2.24, 2.45) is 4.99 Å². The van der Waals surface area contributed by atoms with Gasteiger partial charge >= 0.3 is 6.18 Å². The first-order chi connectivity index (χ1) is 13.3. The fourth-order valence-electron chi connectivity index (χ4n) is 2.90. The van der Waals surface area contributed by atoms with Gasteiger partial charge in [0.25, 0.3) is 5.56 Å². The number of hydrogen-bond acceptors (Lipinski definition) is 4. The number of alkyl halides is 3. The van der Waals surface area contributed by atoms with Crippen molar-refractivity contribution in [3.05, 3.63) is 83.8 Å². The van der Waals surface area contributed by atoms with Crippen LogP contribution in [0.15, 0.2) is 62.8 Å². The summed E-state index contributed by atoms with van der Waals surface area (Å²) in [4.78, 5) is 19.4. The first kappa shape index (κ1) is 18.9. The van der Waals surface area contributed by atoms with E-state index < -0.39 is 11.7 Å². The molecule has 2 aromatic carbocycles. The second kappa shape index (κ2) is 7.21. The number of benzene rings is 2. The van der Waals surface area contributed by atoms with E-state index in [1.165, 1.54) is 22.0 Å². The van der Waals surface area contributed by atoms with Crippen LogP contribution < -0.4 is 19.8 Å². The number of aromatic nitrogens is 1. The molecule has 4 nitrogen and oxygen atoms in total. The quantitative estimate of drug-likeness (QED) is 0.577. The Labute approximate surface area is 170 Å². The van der Waals surface area contributed by atoms with Crippen molar-refractivity contribution in [3.63, 3.8) is 0 Å². The molecule has 2 heterocycles. The molecule has 1 aliphatic heterocycles. The third-order valence-corrected chi connectivity index (χ3v) is 5.80. The van der Waals surface area contributed by atoms with Crippen LogP contribution >= 0.6 is 27.3 Å². The minimum atomic E-state index is -4.42. The Morgan fingerprint density at radius 1 is 1.14 bits per heavy atom. The lowest BCUT2D eigenvalue weighted by Gasteiger charge is -2.26. The van der Waals surface area contributed by atoms with Gasteiger partial charge in [0.1, 0.15) is 13.3 Å². The summed E-state index contributed by atoms with van der Waals surface area (Å²) in [5.41, 5.74) is 0.317. The Balaban J connectivity index is 1.69. The van der Waals surface area contributed by atoms with E-state index in [2.05, 4.69) is 20.9 Å². The van der Waals surface area contributed by atoms with Gasteiger partial charge in [-0.3, -0.25) is 9.36 Å². The summed E-state index contributed by atoms with van der Waals surface area (Å²) in [6, 6.07) is 12.6. The fraction of sp³-hybridized carbons (Fsp3) is 0.158. The molecule has 0 amide bonds. The van der Waals surface area contributed by atoms with Crippen LogP contribution in [0, 0.1) is 0 Å². The Morgan fingerprint density at radius 3 is 2.68 bits per heavy atom. The molecule has 0 atom stereocenters. The minimum absolute atomic E-state index is 0.155. The second-order valence-electron chi connectivity index (χ2n) is 6.21. The highest BCUT2D eigenvalue weighted by Crippen LogP contribution is 2.31. The van der Waals surface area contributed by atoms with E-state index in [0.29, 0.717) is 15.0 Å². The van der Waals surface area contributed by atoms with E-state index in [9.17, 15) is 18.0 Å². The lowest BCUT2D eigenvalue weighted by molar-refractivity contribution is -0.137. The van der Waals surface area contributed by atoms with Gasteiger partial charge < -0.3 is 4.90 Å². The molecule has 9 heteroatoms. The number of halogens is 4. The summed E-state index contributed by atoms with van der Waals surface area (Å²) < 4.78 is 41.8. The van der Waals surface area contributed by atoms with E-state index in [1.54, 1.807) is 17.0 Å². The smallest absolute Gasteiger partial charge is 0.334 e. The lowest BCUT2D eigenvalue weighted by Crippen LogP contribution is -2.42. The standard InChI is InChI=1S/C19H13BrF3N3OS/c20-14-5-1-3-12(7-14)8-16-17(27)26-11-25(10-24-18(26)28-16)15-6-2-4-13(9-15)19(21,22)23/h1-9H,10-11H2. The topological polar surface area (TPSA) is 37.6 Å². The van der Waals surface area contributed by atoms with Crippen molar-refractivity contribution in [1.82, 2.24) is 4.57 Å². The molecule has 144 valence electrons. The molecule has 0 spiro atoms. The molecule has 0 unspecified atom stereocenters. The van der Waals surface area contributed by atoms with Crippen molar-refractivity contribution < 1.29 is 13.2 Å². The molecule has 1 aromatic heterocycles. The maximum absolute atomic E-state index is 13.0. The molecule has 28 heavy (non-hydrogen) atoms. The Bertz CT molecular complexity index is 1220. The summed E-state index contributed by atoms with van der Waals surface area (Å²) in [5, 5.41) is 0. The highest BCUT2D eigenvalue weighted by atomic mass is 79.9. The number of nitrogens with zero attached hydrogens (tertiary/aromatic N) is 3. The average molecular weight is 468 g/mol. The van der Waals surface area contributed by atoms with Crippen LogP contribution in [-0.2, 0) is 12.8 Å². The minimum Gasteiger partial charge on any atom is -0.334 e. The van der Waals surface area contributed by atoms with Crippen LogP contribution in [0.2, 0.25) is 0 Å². The zero-order valence-electron chi connectivity index (χ0n) is 14.3. The van der Waals surface area contributed by atoms with Crippen LogP contribution in [0.5, 0.6) is 0 Å². The highest BCUT2D eigenvalue weighted by Gasteiger charge is 2.31. The summed E-state index contributed by atoms with van der Waals surface area (Å²) in [7, 11) is 0. The van der Waals surface area contributed by atoms with Crippen molar-refractivity contribution in [2.45, 2.75) is 12.8 Å². The number of thiazole rings is 1. The molecule has 3 aromatic rings. The number of fused-ring (bicyclic) bond motifs is 1. The van der Waals surface area contributed by atoms with Crippen LogP contribution in [0.3, 0.4) is 0 Å². The Kier molecular flexibility index (Phi) is 4.88. The van der Waals surface area contributed by atoms with E-state index >= 15 is 0 Å². The summed E-state index contributed by atoms with van der Waals surface area (Å²) in [5.74, 6) is 0. The molecular formula is C19H13BrF3N3OS. The van der Waals surface area contributed by atoms with E-state index in [1.807, 2.05) is 24.3 Å². The van der Waals surface area contributed by atoms with Gasteiger partial charge in [0.15, 0.2) is 4.80 Å². The molecule has 1 aliphatic rings. The highest BCUT2D eigenvalue weighted by molar-refractivity contribution is 9.10. The normalized spacial score (nSPS) is 14.7. The van der Waals surface area contributed by atoms with Gasteiger partial charge in [-0.2, -0.15) is 13.2 Å².